The van der Waals surface area contributed by atoms with Crippen molar-refractivity contribution < 1.29 is 0 Å². The molecule has 0 fully saturated rings. The van der Waals surface area contributed by atoms with Gasteiger partial charge in [-0.1, -0.05) is 38.5 Å². The molecular weight excluding hydrogens is 271 g/mol. The van der Waals surface area contributed by atoms with Crippen molar-refractivity contribution in [2.24, 2.45) is 0 Å². The Morgan fingerprint density at radius 3 is 2.46 bits per heavy atom. The SMILES string of the molecule is CCCC(CC)c1ccccc1I. The molecule has 0 radical (unpaired) electrons. The van der Waals surface area contributed by atoms with Gasteiger partial charge in [0.2, 0.25) is 0 Å². The summed E-state index contributed by atoms with van der Waals surface area (Å²) in [6.07, 6.45) is 3.86. The molecule has 0 nitrogen and oxygen atoms in total. The molecule has 1 rings (SSSR count). The van der Waals surface area contributed by atoms with Crippen LogP contribution in [0.15, 0.2) is 24.3 Å². The van der Waals surface area contributed by atoms with Gasteiger partial charge in [-0.25, -0.2) is 0 Å². The van der Waals surface area contributed by atoms with E-state index in [0.717, 1.165) is 5.92 Å². The van der Waals surface area contributed by atoms with E-state index in [0.29, 0.717) is 0 Å². The molecule has 0 saturated carbocycles. The molecule has 0 aliphatic rings. The average molecular weight is 288 g/mol. The molecule has 0 aliphatic heterocycles. The van der Waals surface area contributed by atoms with Crippen LogP contribution in [-0.2, 0) is 0 Å². The second kappa shape index (κ2) is 5.63. The zero-order chi connectivity index (χ0) is 9.68. The Balaban J connectivity index is 2.84. The van der Waals surface area contributed by atoms with Crippen LogP contribution in [0.1, 0.15) is 44.6 Å². The number of rotatable bonds is 4. The van der Waals surface area contributed by atoms with Gasteiger partial charge in [-0.15, -0.1) is 0 Å². The molecule has 72 valence electrons. The molecule has 1 atom stereocenters. The van der Waals surface area contributed by atoms with Gasteiger partial charge in [0.1, 0.15) is 0 Å². The molecule has 0 bridgehead atoms. The first kappa shape index (κ1) is 11.0. The van der Waals surface area contributed by atoms with Crippen LogP contribution >= 0.6 is 22.6 Å². The fourth-order valence-electron chi connectivity index (χ4n) is 1.73. The lowest BCUT2D eigenvalue weighted by molar-refractivity contribution is 0.593. The Morgan fingerprint density at radius 1 is 1.23 bits per heavy atom. The van der Waals surface area contributed by atoms with Crippen LogP contribution in [0, 0.1) is 3.57 Å². The maximum Gasteiger partial charge on any atom is 0.0165 e. The van der Waals surface area contributed by atoms with Crippen LogP contribution in [-0.4, -0.2) is 0 Å². The maximum atomic E-state index is 2.44. The highest BCUT2D eigenvalue weighted by Gasteiger charge is 2.10. The van der Waals surface area contributed by atoms with Crippen molar-refractivity contribution >= 4 is 22.6 Å². The third-order valence-electron chi connectivity index (χ3n) is 2.47. The molecule has 0 heterocycles. The van der Waals surface area contributed by atoms with Crippen molar-refractivity contribution in [2.75, 3.05) is 0 Å². The molecular formula is C12H17I. The van der Waals surface area contributed by atoms with E-state index >= 15 is 0 Å². The Labute approximate surface area is 94.9 Å². The minimum Gasteiger partial charge on any atom is -0.0654 e. The van der Waals surface area contributed by atoms with E-state index in [4.69, 9.17) is 0 Å². The van der Waals surface area contributed by atoms with E-state index in [1.54, 1.807) is 0 Å². The van der Waals surface area contributed by atoms with Crippen molar-refractivity contribution in [3.8, 4) is 0 Å². The normalized spacial score (nSPS) is 12.8. The molecule has 1 aromatic rings. The first-order valence-corrected chi connectivity index (χ1v) is 6.11. The van der Waals surface area contributed by atoms with Gasteiger partial charge in [-0.05, 0) is 53.0 Å². The summed E-state index contributed by atoms with van der Waals surface area (Å²) < 4.78 is 1.42. The second-order valence-corrected chi connectivity index (χ2v) is 4.58. The zero-order valence-electron chi connectivity index (χ0n) is 8.39. The molecule has 1 aromatic carbocycles. The summed E-state index contributed by atoms with van der Waals surface area (Å²) in [5.41, 5.74) is 1.53. The first-order valence-electron chi connectivity index (χ1n) is 5.04. The van der Waals surface area contributed by atoms with Crippen molar-refractivity contribution in [3.63, 3.8) is 0 Å². The predicted molar refractivity (Wildman–Crippen MR) is 67.1 cm³/mol. The molecule has 0 aliphatic carbocycles. The predicted octanol–water partition coefficient (Wildman–Crippen LogP) is 4.58. The molecule has 0 N–H and O–H groups in total. The number of hydrogen-bond donors (Lipinski definition) is 0. The topological polar surface area (TPSA) is 0 Å². The third kappa shape index (κ3) is 2.97. The van der Waals surface area contributed by atoms with Crippen molar-refractivity contribution in [3.05, 3.63) is 33.4 Å². The summed E-state index contributed by atoms with van der Waals surface area (Å²) in [6.45, 7) is 4.54. The lowest BCUT2D eigenvalue weighted by Gasteiger charge is -2.15. The average Bonchev–Trinajstić information content (AvgIpc) is 2.16. The van der Waals surface area contributed by atoms with Crippen LogP contribution in [0.2, 0.25) is 0 Å². The van der Waals surface area contributed by atoms with Crippen molar-refractivity contribution in [1.29, 1.82) is 0 Å². The van der Waals surface area contributed by atoms with Gasteiger partial charge in [0.05, 0.1) is 0 Å². The Morgan fingerprint density at radius 2 is 1.92 bits per heavy atom. The van der Waals surface area contributed by atoms with E-state index in [2.05, 4.69) is 60.7 Å². The minimum atomic E-state index is 0.762. The number of halogens is 1. The lowest BCUT2D eigenvalue weighted by Crippen LogP contribution is -1.98. The second-order valence-electron chi connectivity index (χ2n) is 3.42. The molecule has 0 aromatic heterocycles. The highest BCUT2D eigenvalue weighted by molar-refractivity contribution is 14.1. The van der Waals surface area contributed by atoms with Crippen LogP contribution in [0.3, 0.4) is 0 Å². The minimum absolute atomic E-state index is 0.762. The highest BCUT2D eigenvalue weighted by atomic mass is 127. The molecule has 1 heteroatoms. The van der Waals surface area contributed by atoms with E-state index in [1.165, 1.54) is 28.4 Å². The van der Waals surface area contributed by atoms with Gasteiger partial charge in [-0.2, -0.15) is 0 Å². The molecule has 0 spiro atoms. The molecule has 13 heavy (non-hydrogen) atoms. The highest BCUT2D eigenvalue weighted by Crippen LogP contribution is 2.28. The summed E-state index contributed by atoms with van der Waals surface area (Å²) in [5.74, 6) is 0.762. The van der Waals surface area contributed by atoms with Crippen LogP contribution in [0.25, 0.3) is 0 Å². The zero-order valence-corrected chi connectivity index (χ0v) is 10.5. The number of benzene rings is 1. The quantitative estimate of drug-likeness (QED) is 0.711. The van der Waals surface area contributed by atoms with Crippen LogP contribution in [0.4, 0.5) is 0 Å². The first-order chi connectivity index (χ1) is 6.29. The fraction of sp³-hybridized carbons (Fsp3) is 0.500. The lowest BCUT2D eigenvalue weighted by atomic mass is 9.92. The van der Waals surface area contributed by atoms with E-state index in [9.17, 15) is 0 Å². The van der Waals surface area contributed by atoms with Gasteiger partial charge >= 0.3 is 0 Å². The fourth-order valence-corrected chi connectivity index (χ4v) is 2.56. The summed E-state index contributed by atoms with van der Waals surface area (Å²) in [5, 5.41) is 0. The largest absolute Gasteiger partial charge is 0.0654 e. The Kier molecular flexibility index (Phi) is 4.78. The van der Waals surface area contributed by atoms with Crippen molar-refractivity contribution in [1.82, 2.24) is 0 Å². The van der Waals surface area contributed by atoms with Gasteiger partial charge < -0.3 is 0 Å². The van der Waals surface area contributed by atoms with Gasteiger partial charge in [0.25, 0.3) is 0 Å². The van der Waals surface area contributed by atoms with Gasteiger partial charge in [0, 0.05) is 3.57 Å². The number of hydrogen-bond acceptors (Lipinski definition) is 0. The van der Waals surface area contributed by atoms with E-state index in [1.807, 2.05) is 0 Å². The summed E-state index contributed by atoms with van der Waals surface area (Å²) >= 11 is 2.44. The maximum absolute atomic E-state index is 2.44. The third-order valence-corrected chi connectivity index (χ3v) is 3.46. The molecule has 0 amide bonds. The standard InChI is InChI=1S/C12H17I/c1-3-7-10(4-2)11-8-5-6-9-12(11)13/h5-6,8-10H,3-4,7H2,1-2H3. The van der Waals surface area contributed by atoms with Crippen LogP contribution in [0.5, 0.6) is 0 Å². The van der Waals surface area contributed by atoms with Gasteiger partial charge in [-0.3, -0.25) is 0 Å². The van der Waals surface area contributed by atoms with Crippen LogP contribution < -0.4 is 0 Å². The van der Waals surface area contributed by atoms with E-state index < -0.39 is 0 Å². The van der Waals surface area contributed by atoms with Crippen molar-refractivity contribution in [2.45, 2.75) is 39.0 Å². The monoisotopic (exact) mass is 288 g/mol. The Hall–Kier alpha value is -0.0500. The smallest absolute Gasteiger partial charge is 0.0165 e. The molecule has 0 saturated heterocycles. The Bertz CT molecular complexity index is 255. The van der Waals surface area contributed by atoms with Gasteiger partial charge in [0.15, 0.2) is 0 Å². The molecule has 1 unspecified atom stereocenters. The summed E-state index contributed by atoms with van der Waals surface area (Å²) in [4.78, 5) is 0. The summed E-state index contributed by atoms with van der Waals surface area (Å²) in [6, 6.07) is 8.74. The van der Waals surface area contributed by atoms with E-state index in [-0.39, 0.29) is 0 Å². The summed E-state index contributed by atoms with van der Waals surface area (Å²) in [7, 11) is 0.